The molecule has 0 fully saturated rings. The number of anilines is 1. The highest BCUT2D eigenvalue weighted by Gasteiger charge is 2.07. The van der Waals surface area contributed by atoms with Crippen LogP contribution in [0.3, 0.4) is 0 Å². The third-order valence-electron chi connectivity index (χ3n) is 1.31. The van der Waals surface area contributed by atoms with Crippen molar-refractivity contribution in [1.29, 1.82) is 0 Å². The highest BCUT2D eigenvalue weighted by molar-refractivity contribution is 8.03. The lowest BCUT2D eigenvalue weighted by atomic mass is 10.6. The number of thiophene rings is 1. The minimum absolute atomic E-state index is 1.05. The molecule has 0 saturated heterocycles. The van der Waals surface area contributed by atoms with Crippen molar-refractivity contribution in [3.8, 4) is 0 Å². The first kappa shape index (κ1) is 6.31. The molecule has 0 radical (unpaired) electrons. The maximum absolute atomic E-state index is 2.27. The summed E-state index contributed by atoms with van der Waals surface area (Å²) >= 11 is 3.55. The van der Waals surface area contributed by atoms with Gasteiger partial charge in [-0.1, -0.05) is 6.08 Å². The summed E-state index contributed by atoms with van der Waals surface area (Å²) in [4.78, 5) is 0. The first-order valence-corrected chi connectivity index (χ1v) is 4.81. The molecular formula is C7H7NS2. The number of hydrogen-bond acceptors (Lipinski definition) is 3. The molecule has 1 aliphatic rings. The van der Waals surface area contributed by atoms with E-state index in [4.69, 9.17) is 0 Å². The van der Waals surface area contributed by atoms with Gasteiger partial charge in [0.05, 0.1) is 0 Å². The topological polar surface area (TPSA) is 3.24 Å². The Morgan fingerprint density at radius 1 is 1.50 bits per heavy atom. The van der Waals surface area contributed by atoms with Crippen molar-refractivity contribution < 1.29 is 0 Å². The maximum Gasteiger partial charge on any atom is 0.101 e. The highest BCUT2D eigenvalue weighted by Crippen LogP contribution is 2.30. The fourth-order valence-corrected chi connectivity index (χ4v) is 2.41. The second kappa shape index (κ2) is 2.68. The molecule has 1 aromatic heterocycles. The molecule has 0 N–H and O–H groups in total. The van der Waals surface area contributed by atoms with Crippen LogP contribution in [0.15, 0.2) is 29.0 Å². The summed E-state index contributed by atoms with van der Waals surface area (Å²) in [6.07, 6.45) is 2.17. The van der Waals surface area contributed by atoms with Gasteiger partial charge in [-0.15, -0.1) is 11.3 Å². The first-order valence-electron chi connectivity index (χ1n) is 3.09. The van der Waals surface area contributed by atoms with Crippen molar-refractivity contribution >= 4 is 28.3 Å². The van der Waals surface area contributed by atoms with E-state index in [1.165, 1.54) is 5.00 Å². The Bertz CT molecular complexity index is 220. The van der Waals surface area contributed by atoms with Crippen LogP contribution in [0.4, 0.5) is 5.00 Å². The summed E-state index contributed by atoms with van der Waals surface area (Å²) in [6, 6.07) is 4.23. The smallest absolute Gasteiger partial charge is 0.101 e. The van der Waals surface area contributed by atoms with E-state index in [1.807, 2.05) is 0 Å². The van der Waals surface area contributed by atoms with Crippen molar-refractivity contribution in [3.05, 3.63) is 29.0 Å². The molecule has 0 bridgehead atoms. The second-order valence-corrected chi connectivity index (χ2v) is 3.84. The molecule has 0 saturated carbocycles. The van der Waals surface area contributed by atoms with Crippen molar-refractivity contribution in [2.45, 2.75) is 0 Å². The standard InChI is InChI=1S/C7H7NS2/c1-3-7(9-5-1)8-4-2-6-10-8/h1-3,5-6H,4H2. The highest BCUT2D eigenvalue weighted by atomic mass is 32.2. The van der Waals surface area contributed by atoms with Crippen LogP contribution in [0.2, 0.25) is 0 Å². The molecule has 0 aliphatic carbocycles. The molecule has 0 spiro atoms. The molecule has 1 aromatic rings. The lowest BCUT2D eigenvalue weighted by Gasteiger charge is -2.11. The molecule has 3 heteroatoms. The van der Waals surface area contributed by atoms with Gasteiger partial charge in [0.1, 0.15) is 5.00 Å². The van der Waals surface area contributed by atoms with E-state index >= 15 is 0 Å². The summed E-state index contributed by atoms with van der Waals surface area (Å²) in [5, 5.41) is 5.57. The van der Waals surface area contributed by atoms with Crippen LogP contribution in [0.25, 0.3) is 0 Å². The summed E-state index contributed by atoms with van der Waals surface area (Å²) in [5.74, 6) is 0. The fraction of sp³-hybridized carbons (Fsp3) is 0.143. The van der Waals surface area contributed by atoms with Crippen molar-refractivity contribution in [3.63, 3.8) is 0 Å². The quantitative estimate of drug-likeness (QED) is 0.595. The SMILES string of the molecule is C1=CSN(c2cccs2)C1. The van der Waals surface area contributed by atoms with E-state index in [-0.39, 0.29) is 0 Å². The predicted octanol–water partition coefficient (Wildman–Crippen LogP) is 2.73. The third kappa shape index (κ3) is 1.07. The average molecular weight is 169 g/mol. The van der Waals surface area contributed by atoms with Gasteiger partial charge in [-0.3, -0.25) is 0 Å². The van der Waals surface area contributed by atoms with E-state index in [0.29, 0.717) is 0 Å². The normalized spacial score (nSPS) is 16.6. The number of nitrogens with zero attached hydrogens (tertiary/aromatic N) is 1. The van der Waals surface area contributed by atoms with Crippen LogP contribution < -0.4 is 4.31 Å². The van der Waals surface area contributed by atoms with E-state index in [2.05, 4.69) is 33.3 Å². The lowest BCUT2D eigenvalue weighted by molar-refractivity contribution is 1.26. The molecular weight excluding hydrogens is 162 g/mol. The van der Waals surface area contributed by atoms with Gasteiger partial charge >= 0.3 is 0 Å². The van der Waals surface area contributed by atoms with E-state index in [1.54, 1.807) is 23.3 Å². The Balaban J connectivity index is 2.14. The zero-order valence-electron chi connectivity index (χ0n) is 5.36. The molecule has 0 atom stereocenters. The minimum atomic E-state index is 1.05. The Kier molecular flexibility index (Phi) is 1.69. The van der Waals surface area contributed by atoms with Crippen LogP contribution >= 0.6 is 23.3 Å². The fourth-order valence-electron chi connectivity index (χ4n) is 0.852. The van der Waals surface area contributed by atoms with Gasteiger partial charge in [0.15, 0.2) is 0 Å². The van der Waals surface area contributed by atoms with Gasteiger partial charge in [0, 0.05) is 6.54 Å². The molecule has 1 nitrogen and oxygen atoms in total. The van der Waals surface area contributed by atoms with Crippen LogP contribution in [-0.4, -0.2) is 6.54 Å². The zero-order valence-corrected chi connectivity index (χ0v) is 6.99. The summed E-state index contributed by atoms with van der Waals surface area (Å²) < 4.78 is 2.27. The van der Waals surface area contributed by atoms with Crippen LogP contribution in [0.1, 0.15) is 0 Å². The molecule has 10 heavy (non-hydrogen) atoms. The van der Waals surface area contributed by atoms with Gasteiger partial charge in [0.25, 0.3) is 0 Å². The van der Waals surface area contributed by atoms with Crippen LogP contribution in [-0.2, 0) is 0 Å². The van der Waals surface area contributed by atoms with E-state index in [0.717, 1.165) is 6.54 Å². The summed E-state index contributed by atoms with van der Waals surface area (Å²) in [5.41, 5.74) is 0. The van der Waals surface area contributed by atoms with Gasteiger partial charge in [-0.25, -0.2) is 0 Å². The average Bonchev–Trinajstić information content (AvgIpc) is 2.59. The van der Waals surface area contributed by atoms with Crippen molar-refractivity contribution in [2.24, 2.45) is 0 Å². The summed E-state index contributed by atoms with van der Waals surface area (Å²) in [7, 11) is 0. The molecule has 1 aliphatic heterocycles. The molecule has 2 rings (SSSR count). The van der Waals surface area contributed by atoms with Crippen LogP contribution in [0, 0.1) is 0 Å². The first-order chi connectivity index (χ1) is 4.97. The molecule has 52 valence electrons. The zero-order chi connectivity index (χ0) is 6.81. The molecule has 2 heterocycles. The van der Waals surface area contributed by atoms with E-state index in [9.17, 15) is 0 Å². The van der Waals surface area contributed by atoms with Crippen molar-refractivity contribution in [1.82, 2.24) is 0 Å². The third-order valence-corrected chi connectivity index (χ3v) is 3.23. The Morgan fingerprint density at radius 3 is 3.10 bits per heavy atom. The van der Waals surface area contributed by atoms with Gasteiger partial charge < -0.3 is 4.31 Å². The molecule has 0 aromatic carbocycles. The number of hydrogen-bond donors (Lipinski definition) is 0. The van der Waals surface area contributed by atoms with Crippen LogP contribution in [0.5, 0.6) is 0 Å². The second-order valence-electron chi connectivity index (χ2n) is 1.99. The molecule has 0 amide bonds. The largest absolute Gasteiger partial charge is 0.300 e. The monoisotopic (exact) mass is 169 g/mol. The Morgan fingerprint density at radius 2 is 2.50 bits per heavy atom. The minimum Gasteiger partial charge on any atom is -0.300 e. The van der Waals surface area contributed by atoms with Gasteiger partial charge in [0.2, 0.25) is 0 Å². The lowest BCUT2D eigenvalue weighted by Crippen LogP contribution is -2.06. The van der Waals surface area contributed by atoms with Gasteiger partial charge in [-0.05, 0) is 34.9 Å². The van der Waals surface area contributed by atoms with E-state index < -0.39 is 0 Å². The summed E-state index contributed by atoms with van der Waals surface area (Å²) in [6.45, 7) is 1.05. The maximum atomic E-state index is 2.27. The predicted molar refractivity (Wildman–Crippen MR) is 48.4 cm³/mol. The van der Waals surface area contributed by atoms with Gasteiger partial charge in [-0.2, -0.15) is 0 Å². The Labute approximate surface area is 68.5 Å². The number of rotatable bonds is 1. The van der Waals surface area contributed by atoms with Crippen molar-refractivity contribution in [2.75, 3.05) is 10.8 Å². The molecule has 0 unspecified atom stereocenters. The Hall–Kier alpha value is -0.410.